The minimum absolute atomic E-state index is 0.170. The second kappa shape index (κ2) is 10.4. The predicted molar refractivity (Wildman–Crippen MR) is 113 cm³/mol. The molecule has 168 valence electrons. The van der Waals surface area contributed by atoms with E-state index in [2.05, 4.69) is 5.43 Å². The lowest BCUT2D eigenvalue weighted by molar-refractivity contribution is -0.518. The van der Waals surface area contributed by atoms with E-state index in [1.165, 1.54) is 17.3 Å². The van der Waals surface area contributed by atoms with E-state index in [1.54, 1.807) is 25.1 Å². The number of nitrogen functional groups attached to an aromatic ring is 1. The Morgan fingerprint density at radius 3 is 2.65 bits per heavy atom. The molecule has 0 spiro atoms. The van der Waals surface area contributed by atoms with Gasteiger partial charge in [-0.15, -0.1) is 0 Å². The Morgan fingerprint density at radius 2 is 2.16 bits per heavy atom. The quantitative estimate of drug-likeness (QED) is 0.0743. The summed E-state index contributed by atoms with van der Waals surface area (Å²) in [5, 5.41) is 18.1. The van der Waals surface area contributed by atoms with Crippen LogP contribution in [-0.2, 0) is 19.1 Å². The molecular formula is C19H26ClN6O5+. The van der Waals surface area contributed by atoms with Crippen LogP contribution in [0.5, 0.6) is 0 Å². The molecule has 9 N–H and O–H groups in total. The summed E-state index contributed by atoms with van der Waals surface area (Å²) in [5.41, 5.74) is 9.35. The SMILES string of the molecule is COC(=O)C1=C(c2cc(Cl)cc(NN)c2)CC2C([C@@H](C)O)C(=O)N12.N=C[NH2+]CC(N)=O. The van der Waals surface area contributed by atoms with Gasteiger partial charge in [0, 0.05) is 5.02 Å². The number of nitrogens with two attached hydrogens (primary N) is 3. The number of nitrogens with zero attached hydrogens (tertiary/aromatic N) is 1. The number of ether oxygens (including phenoxy) is 1. The summed E-state index contributed by atoms with van der Waals surface area (Å²) in [5.74, 6) is 3.66. The fraction of sp³-hybridized carbons (Fsp3) is 0.368. The van der Waals surface area contributed by atoms with Crippen LogP contribution in [-0.4, -0.2) is 59.9 Å². The number of aliphatic hydroxyl groups is 1. The van der Waals surface area contributed by atoms with Crippen LogP contribution in [0.2, 0.25) is 5.02 Å². The van der Waals surface area contributed by atoms with E-state index in [1.807, 2.05) is 0 Å². The van der Waals surface area contributed by atoms with Crippen molar-refractivity contribution in [3.8, 4) is 0 Å². The number of hydrazine groups is 1. The molecule has 12 heteroatoms. The summed E-state index contributed by atoms with van der Waals surface area (Å²) in [6.45, 7) is 1.75. The number of rotatable bonds is 7. The molecule has 2 aliphatic heterocycles. The van der Waals surface area contributed by atoms with Gasteiger partial charge in [-0.25, -0.2) is 4.79 Å². The van der Waals surface area contributed by atoms with Crippen molar-refractivity contribution in [2.45, 2.75) is 25.5 Å². The second-order valence-corrected chi connectivity index (χ2v) is 7.45. The average Bonchev–Trinajstić information content (AvgIpc) is 3.06. The van der Waals surface area contributed by atoms with E-state index >= 15 is 0 Å². The standard InChI is InChI=1S/C16H18ClN3O4.C3H7N3O/c1-7(21)13-12-6-11(8-3-9(17)5-10(4-8)19-18)14(16(23)24-2)20(12)15(13)22;4-2-6-1-3(5)7/h3-5,7,12-13,19,21H,6,18H2,1-2H3;2H,1H2,(H2,4,6)(H2,5,7)/p+1/t7-,12?,13?;/m1./s1. The number of carbonyl (C=O) groups excluding carboxylic acids is 3. The van der Waals surface area contributed by atoms with E-state index in [0.29, 0.717) is 28.3 Å². The molecule has 1 saturated heterocycles. The van der Waals surface area contributed by atoms with Gasteiger partial charge in [0.1, 0.15) is 5.70 Å². The molecule has 11 nitrogen and oxygen atoms in total. The number of hydrogen-bond donors (Lipinski definition) is 6. The highest BCUT2D eigenvalue weighted by Crippen LogP contribution is 2.47. The van der Waals surface area contributed by atoms with Crippen LogP contribution in [0.4, 0.5) is 5.69 Å². The summed E-state index contributed by atoms with van der Waals surface area (Å²) in [4.78, 5) is 35.8. The van der Waals surface area contributed by atoms with Gasteiger partial charge in [0.2, 0.25) is 5.91 Å². The van der Waals surface area contributed by atoms with Gasteiger partial charge in [-0.2, -0.15) is 0 Å². The number of halogens is 1. The zero-order valence-electron chi connectivity index (χ0n) is 17.1. The lowest BCUT2D eigenvalue weighted by Gasteiger charge is -2.44. The molecule has 2 heterocycles. The largest absolute Gasteiger partial charge is 0.464 e. The Kier molecular flexibility index (Phi) is 8.11. The van der Waals surface area contributed by atoms with E-state index < -0.39 is 23.9 Å². The van der Waals surface area contributed by atoms with Crippen LogP contribution in [0.1, 0.15) is 18.9 Å². The van der Waals surface area contributed by atoms with Gasteiger partial charge in [0.05, 0.1) is 30.9 Å². The summed E-state index contributed by atoms with van der Waals surface area (Å²) in [7, 11) is 1.27. The molecule has 1 aromatic carbocycles. The zero-order valence-corrected chi connectivity index (χ0v) is 17.8. The lowest BCUT2D eigenvalue weighted by Crippen LogP contribution is -2.84. The highest BCUT2D eigenvalue weighted by molar-refractivity contribution is 6.31. The average molecular weight is 454 g/mol. The Bertz CT molecular complexity index is 919. The van der Waals surface area contributed by atoms with Crippen molar-refractivity contribution in [3.63, 3.8) is 0 Å². The lowest BCUT2D eigenvalue weighted by atomic mass is 9.82. The summed E-state index contributed by atoms with van der Waals surface area (Å²) in [6.07, 6.45) is 0.707. The van der Waals surface area contributed by atoms with Gasteiger partial charge in [-0.1, -0.05) is 11.6 Å². The van der Waals surface area contributed by atoms with Crippen LogP contribution >= 0.6 is 11.6 Å². The number of nitrogens with one attached hydrogen (secondary N) is 2. The van der Waals surface area contributed by atoms with Crippen molar-refractivity contribution in [1.82, 2.24) is 4.90 Å². The van der Waals surface area contributed by atoms with Crippen molar-refractivity contribution >= 4 is 47.0 Å². The van der Waals surface area contributed by atoms with Gasteiger partial charge < -0.3 is 25.9 Å². The number of benzene rings is 1. The second-order valence-electron chi connectivity index (χ2n) is 7.01. The van der Waals surface area contributed by atoms with Gasteiger partial charge >= 0.3 is 5.97 Å². The number of esters is 1. The number of carbonyl (C=O) groups is 3. The predicted octanol–water partition coefficient (Wildman–Crippen LogP) is -1.24. The molecule has 0 aromatic heterocycles. The third-order valence-electron chi connectivity index (χ3n) is 4.96. The molecule has 3 rings (SSSR count). The Balaban J connectivity index is 0.000000423. The fourth-order valence-corrected chi connectivity index (χ4v) is 3.87. The van der Waals surface area contributed by atoms with Crippen molar-refractivity contribution < 1.29 is 29.5 Å². The van der Waals surface area contributed by atoms with Crippen molar-refractivity contribution in [2.75, 3.05) is 19.1 Å². The third kappa shape index (κ3) is 5.20. The number of quaternary nitrogens is 1. The number of methoxy groups -OCH3 is 1. The maximum atomic E-state index is 12.3. The maximum Gasteiger partial charge on any atom is 0.355 e. The van der Waals surface area contributed by atoms with E-state index in [9.17, 15) is 19.5 Å². The van der Waals surface area contributed by atoms with Gasteiger partial charge in [-0.05, 0) is 42.7 Å². The highest BCUT2D eigenvalue weighted by Gasteiger charge is 2.56. The summed E-state index contributed by atoms with van der Waals surface area (Å²) >= 11 is 6.11. The molecular weight excluding hydrogens is 428 g/mol. The summed E-state index contributed by atoms with van der Waals surface area (Å²) in [6, 6.07) is 4.85. The minimum Gasteiger partial charge on any atom is -0.464 e. The first-order valence-electron chi connectivity index (χ1n) is 9.37. The van der Waals surface area contributed by atoms with Crippen LogP contribution in [0.15, 0.2) is 23.9 Å². The van der Waals surface area contributed by atoms with E-state index in [4.69, 9.17) is 33.3 Å². The smallest absolute Gasteiger partial charge is 0.355 e. The minimum atomic E-state index is -0.780. The highest BCUT2D eigenvalue weighted by atomic mass is 35.5. The molecule has 2 unspecified atom stereocenters. The first-order valence-corrected chi connectivity index (χ1v) is 9.74. The Labute approximate surface area is 183 Å². The zero-order chi connectivity index (χ0) is 23.3. The number of aliphatic hydroxyl groups excluding tert-OH is 1. The number of hydrogen-bond acceptors (Lipinski definition) is 8. The van der Waals surface area contributed by atoms with Gasteiger partial charge in [0.15, 0.2) is 12.9 Å². The number of fused-ring (bicyclic) bond motifs is 1. The molecule has 0 saturated carbocycles. The molecule has 2 amide bonds. The number of amides is 2. The fourth-order valence-electron chi connectivity index (χ4n) is 3.64. The molecule has 0 aliphatic carbocycles. The first kappa shape index (κ1) is 24.3. The van der Waals surface area contributed by atoms with Crippen molar-refractivity contribution in [3.05, 3.63) is 34.5 Å². The first-order chi connectivity index (χ1) is 14.7. The Hall–Kier alpha value is -2.99. The van der Waals surface area contributed by atoms with Gasteiger partial charge in [-0.3, -0.25) is 26.2 Å². The van der Waals surface area contributed by atoms with Crippen LogP contribution in [0.3, 0.4) is 0 Å². The topological polar surface area (TPSA) is 188 Å². The molecule has 31 heavy (non-hydrogen) atoms. The molecule has 0 bridgehead atoms. The molecule has 1 aromatic rings. The maximum absolute atomic E-state index is 12.3. The van der Waals surface area contributed by atoms with Crippen LogP contribution in [0, 0.1) is 11.3 Å². The van der Waals surface area contributed by atoms with E-state index in [0.717, 1.165) is 6.34 Å². The number of primary amides is 1. The van der Waals surface area contributed by atoms with Crippen molar-refractivity contribution in [2.24, 2.45) is 17.5 Å². The van der Waals surface area contributed by atoms with Crippen molar-refractivity contribution in [1.29, 1.82) is 5.41 Å². The summed E-state index contributed by atoms with van der Waals surface area (Å²) < 4.78 is 4.84. The van der Waals surface area contributed by atoms with Gasteiger partial charge in [0.25, 0.3) is 5.91 Å². The number of anilines is 1. The Morgan fingerprint density at radius 1 is 1.48 bits per heavy atom. The van der Waals surface area contributed by atoms with Crippen LogP contribution < -0.4 is 22.3 Å². The molecule has 0 radical (unpaired) electrons. The van der Waals surface area contributed by atoms with E-state index in [-0.39, 0.29) is 24.2 Å². The monoisotopic (exact) mass is 453 g/mol. The molecule has 3 atom stereocenters. The number of β-lactam (4-membered cyclic amide) rings is 1. The third-order valence-corrected chi connectivity index (χ3v) is 5.18. The normalized spacial score (nSPS) is 20.2. The molecule has 1 fully saturated rings. The van der Waals surface area contributed by atoms with Crippen LogP contribution in [0.25, 0.3) is 5.57 Å². The molecule has 2 aliphatic rings.